The molecular formula is C33H36N2O9S2. The fourth-order valence-corrected chi connectivity index (χ4v) is 5.79. The van der Waals surface area contributed by atoms with Gasteiger partial charge in [0, 0.05) is 17.4 Å². The summed E-state index contributed by atoms with van der Waals surface area (Å²) in [6, 6.07) is 22.9. The fourth-order valence-electron chi connectivity index (χ4n) is 3.94. The summed E-state index contributed by atoms with van der Waals surface area (Å²) >= 11 is 0. The van der Waals surface area contributed by atoms with Crippen LogP contribution in [-0.2, 0) is 20.2 Å². The molecule has 4 rings (SSSR count). The molecule has 0 bridgehead atoms. The van der Waals surface area contributed by atoms with E-state index in [-0.39, 0.29) is 27.0 Å². The lowest BCUT2D eigenvalue weighted by Crippen LogP contribution is -2.19. The van der Waals surface area contributed by atoms with Gasteiger partial charge in [0.15, 0.2) is 0 Å². The third-order valence-electron chi connectivity index (χ3n) is 6.37. The second-order valence-electron chi connectivity index (χ2n) is 10.1. The minimum Gasteiger partial charge on any atom is -0.494 e. The second-order valence-corrected chi connectivity index (χ2v) is 13.1. The van der Waals surface area contributed by atoms with Crippen molar-refractivity contribution in [2.75, 3.05) is 23.8 Å². The maximum absolute atomic E-state index is 12.8. The molecular weight excluding hydrogens is 633 g/mol. The number of urea groups is 1. The number of ether oxygens (including phenoxy) is 2. The van der Waals surface area contributed by atoms with E-state index in [2.05, 4.69) is 17.6 Å². The van der Waals surface area contributed by atoms with E-state index in [0.717, 1.165) is 25.7 Å². The molecule has 2 amide bonds. The quantitative estimate of drug-likeness (QED) is 0.0933. The summed E-state index contributed by atoms with van der Waals surface area (Å²) in [6.07, 6.45) is 3.77. The molecule has 0 radical (unpaired) electrons. The zero-order valence-electron chi connectivity index (χ0n) is 25.5. The first-order valence-electron chi connectivity index (χ1n) is 14.7. The van der Waals surface area contributed by atoms with Gasteiger partial charge in [-0.3, -0.25) is 0 Å². The van der Waals surface area contributed by atoms with Crippen LogP contribution < -0.4 is 28.5 Å². The van der Waals surface area contributed by atoms with Crippen molar-refractivity contribution < 1.29 is 39.5 Å². The molecule has 13 heteroatoms. The molecule has 4 aromatic rings. The van der Waals surface area contributed by atoms with Gasteiger partial charge in [-0.25, -0.2) is 4.79 Å². The lowest BCUT2D eigenvalue weighted by Gasteiger charge is -2.12. The summed E-state index contributed by atoms with van der Waals surface area (Å²) in [5.41, 5.74) is 0.630. The second kappa shape index (κ2) is 16.0. The van der Waals surface area contributed by atoms with Gasteiger partial charge < -0.3 is 28.5 Å². The first-order chi connectivity index (χ1) is 22.1. The van der Waals surface area contributed by atoms with Crippen molar-refractivity contribution in [3.05, 3.63) is 97.1 Å². The summed E-state index contributed by atoms with van der Waals surface area (Å²) in [4.78, 5) is 12.5. The van der Waals surface area contributed by atoms with E-state index in [1.165, 1.54) is 66.7 Å². The monoisotopic (exact) mass is 668 g/mol. The third-order valence-corrected chi connectivity index (χ3v) is 8.90. The molecule has 0 saturated carbocycles. The van der Waals surface area contributed by atoms with Gasteiger partial charge in [-0.2, -0.15) is 16.8 Å². The van der Waals surface area contributed by atoms with Crippen LogP contribution in [0.5, 0.6) is 23.0 Å². The number of nitrogens with one attached hydrogen (secondary N) is 2. The number of anilines is 2. The van der Waals surface area contributed by atoms with Gasteiger partial charge in [0.25, 0.3) is 0 Å². The highest BCUT2D eigenvalue weighted by atomic mass is 32.2. The fraction of sp³-hybridized carbons (Fsp3) is 0.242. The zero-order valence-corrected chi connectivity index (χ0v) is 27.1. The molecule has 11 nitrogen and oxygen atoms in total. The third kappa shape index (κ3) is 10.1. The summed E-state index contributed by atoms with van der Waals surface area (Å²) in [5.74, 6) is 1.19. The molecule has 0 aliphatic heterocycles. The SMILES string of the molecule is CCCCOc1ccc(S(=O)(=O)Oc2ccc(NC(=O)Nc3cccc(OS(=O)(=O)c4ccc(OCCCC)cc4)c3)cc2)cc1. The maximum atomic E-state index is 12.8. The van der Waals surface area contributed by atoms with Crippen molar-refractivity contribution in [3.8, 4) is 23.0 Å². The van der Waals surface area contributed by atoms with Crippen LogP contribution in [-0.4, -0.2) is 36.1 Å². The van der Waals surface area contributed by atoms with Crippen molar-refractivity contribution in [2.24, 2.45) is 0 Å². The molecule has 0 aliphatic carbocycles. The lowest BCUT2D eigenvalue weighted by atomic mass is 10.3. The van der Waals surface area contributed by atoms with E-state index < -0.39 is 26.3 Å². The number of amides is 2. The highest BCUT2D eigenvalue weighted by Gasteiger charge is 2.18. The number of carbonyl (C=O) groups excluding carboxylic acids is 1. The van der Waals surface area contributed by atoms with Crippen molar-refractivity contribution >= 4 is 37.6 Å². The average Bonchev–Trinajstić information content (AvgIpc) is 3.03. The van der Waals surface area contributed by atoms with Gasteiger partial charge in [0.1, 0.15) is 32.8 Å². The highest BCUT2D eigenvalue weighted by molar-refractivity contribution is 7.87. The summed E-state index contributed by atoms with van der Waals surface area (Å²) in [6.45, 7) is 5.19. The smallest absolute Gasteiger partial charge is 0.339 e. The largest absolute Gasteiger partial charge is 0.494 e. The molecule has 46 heavy (non-hydrogen) atoms. The standard InChI is InChI=1S/C33H36N2O9S2/c1-3-5-22-41-27-14-18-31(19-15-27)45(37,38)43-29-12-10-25(11-13-29)34-33(36)35-26-8-7-9-30(24-26)44-46(39,40)32-20-16-28(17-21-32)42-23-6-4-2/h7-21,24H,3-6,22-23H2,1-2H3,(H2,34,35,36). The topological polar surface area (TPSA) is 146 Å². The maximum Gasteiger partial charge on any atom is 0.339 e. The first-order valence-corrected chi connectivity index (χ1v) is 17.5. The molecule has 2 N–H and O–H groups in total. The highest BCUT2D eigenvalue weighted by Crippen LogP contribution is 2.25. The molecule has 0 saturated heterocycles. The van der Waals surface area contributed by atoms with E-state index in [1.807, 2.05) is 6.92 Å². The minimum atomic E-state index is -4.13. The van der Waals surface area contributed by atoms with Gasteiger partial charge in [-0.15, -0.1) is 0 Å². The molecule has 4 aromatic carbocycles. The van der Waals surface area contributed by atoms with E-state index >= 15 is 0 Å². The van der Waals surface area contributed by atoms with Crippen LogP contribution in [0.3, 0.4) is 0 Å². The van der Waals surface area contributed by atoms with Gasteiger partial charge in [-0.1, -0.05) is 32.8 Å². The molecule has 0 atom stereocenters. The van der Waals surface area contributed by atoms with E-state index in [0.29, 0.717) is 30.4 Å². The number of rotatable bonds is 16. The van der Waals surface area contributed by atoms with Crippen molar-refractivity contribution in [1.82, 2.24) is 0 Å². The molecule has 244 valence electrons. The number of hydrogen-bond donors (Lipinski definition) is 2. The van der Waals surface area contributed by atoms with E-state index in [4.69, 9.17) is 17.8 Å². The van der Waals surface area contributed by atoms with Crippen LogP contribution >= 0.6 is 0 Å². The van der Waals surface area contributed by atoms with E-state index in [1.54, 1.807) is 30.3 Å². The van der Waals surface area contributed by atoms with Crippen LogP contribution in [0.25, 0.3) is 0 Å². The Morgan fingerprint density at radius 1 is 0.565 bits per heavy atom. The molecule has 0 aliphatic rings. The zero-order chi connectivity index (χ0) is 33.0. The molecule has 0 aromatic heterocycles. The Kier molecular flexibility index (Phi) is 11.9. The van der Waals surface area contributed by atoms with Gasteiger partial charge in [0.05, 0.1) is 13.2 Å². The van der Waals surface area contributed by atoms with Crippen LogP contribution in [0.15, 0.2) is 107 Å². The van der Waals surface area contributed by atoms with Crippen LogP contribution in [0, 0.1) is 0 Å². The van der Waals surface area contributed by atoms with Gasteiger partial charge in [-0.05, 0) is 97.8 Å². The number of hydrogen-bond acceptors (Lipinski definition) is 9. The van der Waals surface area contributed by atoms with Crippen molar-refractivity contribution in [1.29, 1.82) is 0 Å². The Morgan fingerprint density at radius 2 is 1.02 bits per heavy atom. The number of unbranched alkanes of at least 4 members (excludes halogenated alkanes) is 2. The van der Waals surface area contributed by atoms with Crippen LogP contribution in [0.1, 0.15) is 39.5 Å². The van der Waals surface area contributed by atoms with Crippen LogP contribution in [0.4, 0.5) is 16.2 Å². The van der Waals surface area contributed by atoms with Crippen molar-refractivity contribution in [3.63, 3.8) is 0 Å². The molecule has 0 spiro atoms. The Bertz CT molecular complexity index is 1790. The molecule has 0 heterocycles. The molecule has 0 unspecified atom stereocenters. The van der Waals surface area contributed by atoms with E-state index in [9.17, 15) is 21.6 Å². The van der Waals surface area contributed by atoms with Gasteiger partial charge >= 0.3 is 26.3 Å². The minimum absolute atomic E-state index is 0.00226. The van der Waals surface area contributed by atoms with Gasteiger partial charge in [0.2, 0.25) is 0 Å². The number of carbonyl (C=O) groups is 1. The Hall–Kier alpha value is -4.75. The average molecular weight is 669 g/mol. The molecule has 0 fully saturated rings. The lowest BCUT2D eigenvalue weighted by molar-refractivity contribution is 0.262. The summed E-state index contributed by atoms with van der Waals surface area (Å²) in [7, 11) is -8.22. The Morgan fingerprint density at radius 3 is 1.52 bits per heavy atom. The summed E-state index contributed by atoms with van der Waals surface area (Å²) in [5, 5.41) is 5.22. The summed E-state index contributed by atoms with van der Waals surface area (Å²) < 4.78 is 72.6. The number of benzene rings is 4. The normalized spacial score (nSPS) is 11.3. The first kappa shape index (κ1) is 34.1. The predicted octanol–water partition coefficient (Wildman–Crippen LogP) is 7.22. The van der Waals surface area contributed by atoms with Crippen LogP contribution in [0.2, 0.25) is 0 Å². The predicted molar refractivity (Wildman–Crippen MR) is 175 cm³/mol. The van der Waals surface area contributed by atoms with Crippen molar-refractivity contribution in [2.45, 2.75) is 49.3 Å². The Balaban J connectivity index is 1.30. The Labute approximate surface area is 269 Å².